The lowest BCUT2D eigenvalue weighted by Crippen LogP contribution is -2.58. The van der Waals surface area contributed by atoms with Crippen molar-refractivity contribution in [2.75, 3.05) is 33.3 Å². The molecule has 1 saturated heterocycles. The second-order valence-electron chi connectivity index (χ2n) is 17.3. The number of primary amides is 1. The number of benzene rings is 1. The van der Waals surface area contributed by atoms with Crippen molar-refractivity contribution in [3.05, 3.63) is 58.5 Å². The molecular weight excluding hydrogens is 871 g/mol. The molecule has 3 heterocycles. The molecule has 8 amide bonds. The Kier molecular flexibility index (Phi) is 18.4. The SMILES string of the molecule is COc1ccc2c(CC(=O)N3CCCC3C(=O)NC(CC3CCCCC3)C(=O)NCC(=O)N(CC(=O)NC(Cc3cnc[nH]3)C(=O)NC(C)C(=O)NC(CN)C(N)=O)C(C)C)cc(=O)oc2c1. The van der Waals surface area contributed by atoms with E-state index in [-0.39, 0.29) is 36.8 Å². The Bertz CT molecular complexity index is 2310. The number of methoxy groups -OCH3 is 1. The number of ether oxygens (including phenoxy) is 1. The molecule has 0 spiro atoms. The highest BCUT2D eigenvalue weighted by molar-refractivity contribution is 5.97. The maximum absolute atomic E-state index is 14.0. The summed E-state index contributed by atoms with van der Waals surface area (Å²) in [7, 11) is 1.48. The predicted octanol–water partition coefficient (Wildman–Crippen LogP) is -0.972. The van der Waals surface area contributed by atoms with E-state index in [1.54, 1.807) is 32.0 Å². The quantitative estimate of drug-likeness (QED) is 0.0563. The molecule has 1 aliphatic heterocycles. The maximum atomic E-state index is 14.0. The Labute approximate surface area is 387 Å². The number of hydrogen-bond donors (Lipinski definition) is 8. The molecule has 67 heavy (non-hydrogen) atoms. The second-order valence-corrected chi connectivity index (χ2v) is 17.3. The summed E-state index contributed by atoms with van der Waals surface area (Å²) in [6, 6.07) is 0.210. The number of hydrogen-bond acceptors (Lipinski definition) is 13. The van der Waals surface area contributed by atoms with Crippen LogP contribution in [-0.4, -0.2) is 137 Å². The molecule has 10 N–H and O–H groups in total. The smallest absolute Gasteiger partial charge is 0.336 e. The van der Waals surface area contributed by atoms with E-state index in [1.165, 1.54) is 42.4 Å². The van der Waals surface area contributed by atoms with Crippen LogP contribution in [0.2, 0.25) is 0 Å². The number of carbonyl (C=O) groups is 8. The first kappa shape index (κ1) is 51.1. The lowest BCUT2D eigenvalue weighted by Gasteiger charge is -2.30. The minimum absolute atomic E-state index is 0.0652. The van der Waals surface area contributed by atoms with E-state index in [2.05, 4.69) is 36.6 Å². The lowest BCUT2D eigenvalue weighted by atomic mass is 9.84. The number of fused-ring (bicyclic) bond motifs is 1. The molecule has 2 fully saturated rings. The molecule has 5 atom stereocenters. The molecule has 5 unspecified atom stereocenters. The van der Waals surface area contributed by atoms with E-state index in [0.29, 0.717) is 48.2 Å². The lowest BCUT2D eigenvalue weighted by molar-refractivity contribution is -0.140. The topological polar surface area (TPSA) is 323 Å². The highest BCUT2D eigenvalue weighted by atomic mass is 16.5. The molecule has 0 radical (unpaired) electrons. The van der Waals surface area contributed by atoms with Gasteiger partial charge in [-0.1, -0.05) is 32.1 Å². The summed E-state index contributed by atoms with van der Waals surface area (Å²) in [4.78, 5) is 129. The summed E-state index contributed by atoms with van der Waals surface area (Å²) in [6.07, 6.45) is 8.58. The molecule has 2 aliphatic rings. The third kappa shape index (κ3) is 14.3. The molecule has 22 nitrogen and oxygen atoms in total. The van der Waals surface area contributed by atoms with Gasteiger partial charge in [0, 0.05) is 55.0 Å². The van der Waals surface area contributed by atoms with Gasteiger partial charge in [-0.3, -0.25) is 38.4 Å². The van der Waals surface area contributed by atoms with Gasteiger partial charge in [-0.25, -0.2) is 9.78 Å². The summed E-state index contributed by atoms with van der Waals surface area (Å²) in [6.45, 7) is 3.75. The number of aromatic amines is 1. The van der Waals surface area contributed by atoms with Crippen LogP contribution in [0.25, 0.3) is 11.0 Å². The van der Waals surface area contributed by atoms with Crippen LogP contribution < -0.4 is 48.4 Å². The number of H-pyrrole nitrogens is 1. The third-order valence-electron chi connectivity index (χ3n) is 12.1. The number of imidazole rings is 1. The van der Waals surface area contributed by atoms with E-state index in [0.717, 1.165) is 32.1 Å². The highest BCUT2D eigenvalue weighted by Crippen LogP contribution is 2.28. The van der Waals surface area contributed by atoms with Crippen molar-refractivity contribution in [1.82, 2.24) is 46.4 Å². The van der Waals surface area contributed by atoms with Gasteiger partial charge in [0.25, 0.3) is 0 Å². The van der Waals surface area contributed by atoms with Crippen LogP contribution in [0, 0.1) is 5.92 Å². The fraction of sp³-hybridized carbons (Fsp3) is 0.556. The number of nitrogens with one attached hydrogen (secondary N) is 6. The highest BCUT2D eigenvalue weighted by Gasteiger charge is 2.37. The van der Waals surface area contributed by atoms with Crippen LogP contribution in [0.4, 0.5) is 0 Å². The summed E-state index contributed by atoms with van der Waals surface area (Å²) < 4.78 is 10.6. The van der Waals surface area contributed by atoms with Crippen molar-refractivity contribution in [2.24, 2.45) is 17.4 Å². The van der Waals surface area contributed by atoms with E-state index in [4.69, 9.17) is 20.6 Å². The summed E-state index contributed by atoms with van der Waals surface area (Å²) in [5, 5.41) is 13.6. The molecule has 5 rings (SSSR count). The number of carbonyl (C=O) groups excluding carboxylic acids is 8. The van der Waals surface area contributed by atoms with Crippen molar-refractivity contribution in [2.45, 2.75) is 121 Å². The molecule has 364 valence electrons. The van der Waals surface area contributed by atoms with Gasteiger partial charge in [-0.05, 0) is 63.6 Å². The largest absolute Gasteiger partial charge is 0.497 e. The van der Waals surface area contributed by atoms with Crippen LogP contribution in [0.3, 0.4) is 0 Å². The average Bonchev–Trinajstić information content (AvgIpc) is 4.02. The van der Waals surface area contributed by atoms with E-state index < -0.39 is 96.3 Å². The summed E-state index contributed by atoms with van der Waals surface area (Å²) >= 11 is 0. The van der Waals surface area contributed by atoms with Crippen LogP contribution in [0.5, 0.6) is 5.75 Å². The zero-order valence-corrected chi connectivity index (χ0v) is 38.4. The Hall–Kier alpha value is -6.84. The first-order valence-electron chi connectivity index (χ1n) is 22.6. The first-order chi connectivity index (χ1) is 32.0. The molecule has 1 saturated carbocycles. The Morgan fingerprint density at radius 1 is 0.910 bits per heavy atom. The van der Waals surface area contributed by atoms with Gasteiger partial charge in [-0.2, -0.15) is 0 Å². The number of nitrogens with two attached hydrogens (primary N) is 2. The molecule has 2 aromatic heterocycles. The van der Waals surface area contributed by atoms with E-state index in [1.807, 2.05) is 0 Å². The minimum Gasteiger partial charge on any atom is -0.497 e. The van der Waals surface area contributed by atoms with Crippen LogP contribution >= 0.6 is 0 Å². The van der Waals surface area contributed by atoms with Gasteiger partial charge in [-0.15, -0.1) is 0 Å². The van der Waals surface area contributed by atoms with Crippen molar-refractivity contribution in [3.63, 3.8) is 0 Å². The number of rotatable bonds is 22. The number of nitrogens with zero attached hydrogens (tertiary/aromatic N) is 3. The number of amides is 8. The van der Waals surface area contributed by atoms with Gasteiger partial charge < -0.3 is 62.0 Å². The molecule has 22 heteroatoms. The van der Waals surface area contributed by atoms with E-state index in [9.17, 15) is 43.2 Å². The second kappa shape index (κ2) is 24.1. The fourth-order valence-electron chi connectivity index (χ4n) is 8.43. The molecule has 0 bridgehead atoms. The first-order valence-corrected chi connectivity index (χ1v) is 22.6. The van der Waals surface area contributed by atoms with Gasteiger partial charge in [0.1, 0.15) is 41.5 Å². The predicted molar refractivity (Wildman–Crippen MR) is 242 cm³/mol. The Morgan fingerprint density at radius 3 is 2.31 bits per heavy atom. The van der Waals surface area contributed by atoms with Crippen molar-refractivity contribution in [1.29, 1.82) is 0 Å². The molecule has 3 aromatic rings. The normalized spacial score (nSPS) is 16.9. The van der Waals surface area contributed by atoms with Crippen molar-refractivity contribution < 1.29 is 47.5 Å². The van der Waals surface area contributed by atoms with Gasteiger partial charge in [0.15, 0.2) is 0 Å². The maximum Gasteiger partial charge on any atom is 0.336 e. The number of likely N-dealkylation sites (tertiary alicyclic amines) is 1. The minimum atomic E-state index is -1.24. The van der Waals surface area contributed by atoms with Gasteiger partial charge in [0.05, 0.1) is 32.9 Å². The van der Waals surface area contributed by atoms with Crippen LogP contribution in [0.15, 0.2) is 46.0 Å². The standard InChI is InChI=1S/C45H63N11O11/c1-25(2)56(23-37(57)52-33(18-29-21-48-24-50-29)44(64)51-26(3)42(62)54-34(20-46)41(47)61)39(59)22-49-43(63)32(15-27-9-6-5-7-10-27)53-45(65)35-11-8-14-55(35)38(58)16-28-17-40(60)67-36-19-30(66-4)12-13-31(28)36/h12-13,17,19,21,24-27,32-35H,5-11,14-16,18,20,22-23,46H2,1-4H3,(H2,47,61)(H,48,50)(H,49,63)(H,51,64)(H,52,57)(H,53,65)(H,54,62). The molecule has 1 aromatic carbocycles. The monoisotopic (exact) mass is 933 g/mol. The number of aromatic nitrogens is 2. The van der Waals surface area contributed by atoms with Crippen molar-refractivity contribution in [3.8, 4) is 5.75 Å². The Balaban J connectivity index is 1.22. The zero-order valence-electron chi connectivity index (χ0n) is 38.4. The third-order valence-corrected chi connectivity index (χ3v) is 12.1. The molecule has 1 aliphatic carbocycles. The van der Waals surface area contributed by atoms with E-state index >= 15 is 0 Å². The van der Waals surface area contributed by atoms with Crippen LogP contribution in [-0.2, 0) is 51.2 Å². The molecular formula is C45H63N11O11. The summed E-state index contributed by atoms with van der Waals surface area (Å²) in [5.41, 5.74) is 11.3. The Morgan fingerprint density at radius 2 is 1.66 bits per heavy atom. The fourth-order valence-corrected chi connectivity index (χ4v) is 8.43. The zero-order chi connectivity index (χ0) is 48.8. The average molecular weight is 934 g/mol. The van der Waals surface area contributed by atoms with Gasteiger partial charge >= 0.3 is 5.63 Å². The van der Waals surface area contributed by atoms with Crippen LogP contribution in [0.1, 0.15) is 83.4 Å². The summed E-state index contributed by atoms with van der Waals surface area (Å²) in [5.74, 6) is -4.54. The van der Waals surface area contributed by atoms with Gasteiger partial charge in [0.2, 0.25) is 47.3 Å². The van der Waals surface area contributed by atoms with Crippen molar-refractivity contribution >= 4 is 58.2 Å².